The summed E-state index contributed by atoms with van der Waals surface area (Å²) in [5.41, 5.74) is 0.289. The molecule has 1 aromatic carbocycles. The summed E-state index contributed by atoms with van der Waals surface area (Å²) in [5.74, 6) is -0.957. The van der Waals surface area contributed by atoms with E-state index in [-0.39, 0.29) is 0 Å². The molecule has 0 radical (unpaired) electrons. The first-order valence-electron chi connectivity index (χ1n) is 5.28. The second-order valence-electron chi connectivity index (χ2n) is 4.42. The molecule has 0 aliphatic carbocycles. The Balaban J connectivity index is 2.30. The van der Waals surface area contributed by atoms with Crippen molar-refractivity contribution in [3.8, 4) is 6.07 Å². The van der Waals surface area contributed by atoms with Crippen LogP contribution in [0.25, 0.3) is 11.1 Å². The summed E-state index contributed by atoms with van der Waals surface area (Å²) < 4.78 is 4.84. The quantitative estimate of drug-likeness (QED) is 0.839. The molecule has 6 heteroatoms. The molecule has 0 saturated carbocycles. The van der Waals surface area contributed by atoms with Crippen LogP contribution < -0.4 is 11.1 Å². The molecule has 18 heavy (non-hydrogen) atoms. The van der Waals surface area contributed by atoms with E-state index in [0.29, 0.717) is 16.8 Å². The lowest BCUT2D eigenvalue weighted by Crippen LogP contribution is -2.29. The second kappa shape index (κ2) is 4.04. The van der Waals surface area contributed by atoms with Gasteiger partial charge in [0.2, 0.25) is 5.91 Å². The first-order valence-corrected chi connectivity index (χ1v) is 5.28. The van der Waals surface area contributed by atoms with E-state index < -0.39 is 17.1 Å². The Morgan fingerprint density at radius 3 is 2.89 bits per heavy atom. The first-order chi connectivity index (χ1) is 8.42. The highest BCUT2D eigenvalue weighted by molar-refractivity contribution is 5.97. The van der Waals surface area contributed by atoms with E-state index in [4.69, 9.17) is 9.68 Å². The van der Waals surface area contributed by atoms with Gasteiger partial charge >= 0.3 is 5.76 Å². The molecule has 0 saturated heterocycles. The number of nitrogens with zero attached hydrogens (tertiary/aromatic N) is 1. The predicted molar refractivity (Wildman–Crippen MR) is 64.9 cm³/mol. The number of nitrogens with one attached hydrogen (secondary N) is 2. The topological polar surface area (TPSA) is 98.9 Å². The molecule has 2 aromatic rings. The smallest absolute Gasteiger partial charge is 0.408 e. The van der Waals surface area contributed by atoms with E-state index in [2.05, 4.69) is 10.3 Å². The summed E-state index contributed by atoms with van der Waals surface area (Å²) in [5, 5.41) is 11.5. The molecular formula is C12H11N3O3. The van der Waals surface area contributed by atoms with Gasteiger partial charge in [-0.3, -0.25) is 9.78 Å². The zero-order valence-electron chi connectivity index (χ0n) is 9.90. The third-order valence-corrected chi connectivity index (χ3v) is 2.52. The Morgan fingerprint density at radius 1 is 1.50 bits per heavy atom. The van der Waals surface area contributed by atoms with Gasteiger partial charge in [0.25, 0.3) is 0 Å². The van der Waals surface area contributed by atoms with Gasteiger partial charge in [0.15, 0.2) is 5.58 Å². The largest absolute Gasteiger partial charge is 0.417 e. The van der Waals surface area contributed by atoms with Crippen LogP contribution in [0, 0.1) is 16.7 Å². The lowest BCUT2D eigenvalue weighted by Gasteiger charge is -2.14. The van der Waals surface area contributed by atoms with E-state index in [1.165, 1.54) is 13.8 Å². The number of aromatic nitrogens is 1. The number of carbonyl (C=O) groups is 1. The standard InChI is InChI=1S/C12H11N3O3/c1-12(2,6-13)10(16)14-7-3-4-9-8(5-7)15-11(17)18-9/h3-5H,1-2H3,(H,14,16)(H,15,17). The van der Waals surface area contributed by atoms with Gasteiger partial charge in [-0.1, -0.05) is 0 Å². The van der Waals surface area contributed by atoms with Crippen molar-refractivity contribution in [1.82, 2.24) is 4.98 Å². The lowest BCUT2D eigenvalue weighted by atomic mass is 9.94. The number of amides is 1. The van der Waals surface area contributed by atoms with E-state index in [1.807, 2.05) is 6.07 Å². The van der Waals surface area contributed by atoms with Crippen LogP contribution in [0.1, 0.15) is 13.8 Å². The van der Waals surface area contributed by atoms with E-state index in [1.54, 1.807) is 18.2 Å². The molecule has 1 amide bonds. The Bertz CT molecular complexity index is 703. The minimum Gasteiger partial charge on any atom is -0.408 e. The summed E-state index contributed by atoms with van der Waals surface area (Å²) in [6.07, 6.45) is 0. The van der Waals surface area contributed by atoms with Crippen LogP contribution in [-0.4, -0.2) is 10.9 Å². The fourth-order valence-electron chi connectivity index (χ4n) is 1.37. The van der Waals surface area contributed by atoms with Crippen LogP contribution in [0.15, 0.2) is 27.4 Å². The van der Waals surface area contributed by atoms with E-state index in [9.17, 15) is 9.59 Å². The van der Waals surface area contributed by atoms with Gasteiger partial charge in [-0.2, -0.15) is 5.26 Å². The molecule has 0 aliphatic rings. The molecule has 92 valence electrons. The maximum Gasteiger partial charge on any atom is 0.417 e. The van der Waals surface area contributed by atoms with Crippen LogP contribution in [0.2, 0.25) is 0 Å². The van der Waals surface area contributed by atoms with Crippen molar-refractivity contribution in [2.24, 2.45) is 5.41 Å². The second-order valence-corrected chi connectivity index (χ2v) is 4.42. The van der Waals surface area contributed by atoms with Crippen molar-refractivity contribution < 1.29 is 9.21 Å². The van der Waals surface area contributed by atoms with Gasteiger partial charge in [0.05, 0.1) is 11.6 Å². The zero-order chi connectivity index (χ0) is 13.3. The minimum atomic E-state index is -1.11. The number of H-pyrrole nitrogens is 1. The summed E-state index contributed by atoms with van der Waals surface area (Å²) in [7, 11) is 0. The van der Waals surface area contributed by atoms with Crippen molar-refractivity contribution in [1.29, 1.82) is 5.26 Å². The molecule has 2 N–H and O–H groups in total. The molecule has 0 bridgehead atoms. The fraction of sp³-hybridized carbons (Fsp3) is 0.250. The molecule has 0 fully saturated rings. The van der Waals surface area contributed by atoms with Crippen molar-refractivity contribution in [3.63, 3.8) is 0 Å². The highest BCUT2D eigenvalue weighted by atomic mass is 16.4. The maximum absolute atomic E-state index is 11.8. The van der Waals surface area contributed by atoms with Crippen molar-refractivity contribution in [2.45, 2.75) is 13.8 Å². The highest BCUT2D eigenvalue weighted by Crippen LogP contribution is 2.20. The zero-order valence-corrected chi connectivity index (χ0v) is 9.90. The Labute approximate surface area is 102 Å². The predicted octanol–water partition coefficient (Wildman–Crippen LogP) is 1.61. The number of fused-ring (bicyclic) bond motifs is 1. The molecule has 0 aliphatic heterocycles. The molecular weight excluding hydrogens is 234 g/mol. The third kappa shape index (κ3) is 2.11. The summed E-state index contributed by atoms with van der Waals surface area (Å²) >= 11 is 0. The van der Waals surface area contributed by atoms with Crippen LogP contribution in [-0.2, 0) is 4.79 Å². The number of rotatable bonds is 2. The van der Waals surface area contributed by atoms with Gasteiger partial charge in [-0.25, -0.2) is 4.79 Å². The minimum absolute atomic E-state index is 0.407. The molecule has 1 heterocycles. The van der Waals surface area contributed by atoms with Crippen LogP contribution in [0.3, 0.4) is 0 Å². The van der Waals surface area contributed by atoms with Gasteiger partial charge in [-0.15, -0.1) is 0 Å². The maximum atomic E-state index is 11.8. The molecule has 0 atom stereocenters. The number of aromatic amines is 1. The summed E-state index contributed by atoms with van der Waals surface area (Å²) in [4.78, 5) is 25.2. The summed E-state index contributed by atoms with van der Waals surface area (Å²) in [6.45, 7) is 3.06. The molecule has 6 nitrogen and oxygen atoms in total. The highest BCUT2D eigenvalue weighted by Gasteiger charge is 2.27. The normalized spacial score (nSPS) is 11.2. The molecule has 1 aromatic heterocycles. The third-order valence-electron chi connectivity index (χ3n) is 2.52. The SMILES string of the molecule is CC(C)(C#N)C(=O)Nc1ccc2oc(=O)[nH]c2c1. The average Bonchev–Trinajstić information content (AvgIpc) is 2.68. The van der Waals surface area contributed by atoms with E-state index >= 15 is 0 Å². The van der Waals surface area contributed by atoms with Gasteiger partial charge in [0.1, 0.15) is 5.41 Å². The van der Waals surface area contributed by atoms with Crippen LogP contribution >= 0.6 is 0 Å². The number of hydrogen-bond acceptors (Lipinski definition) is 4. The number of oxazole rings is 1. The lowest BCUT2D eigenvalue weighted by molar-refractivity contribution is -0.121. The van der Waals surface area contributed by atoms with E-state index in [0.717, 1.165) is 0 Å². The molecule has 0 unspecified atom stereocenters. The molecule has 2 rings (SSSR count). The van der Waals surface area contributed by atoms with Crippen molar-refractivity contribution in [3.05, 3.63) is 28.7 Å². The number of anilines is 1. The average molecular weight is 245 g/mol. The molecule has 0 spiro atoms. The first kappa shape index (κ1) is 11.9. The monoisotopic (exact) mass is 245 g/mol. The van der Waals surface area contributed by atoms with Gasteiger partial charge < -0.3 is 9.73 Å². The Morgan fingerprint density at radius 2 is 2.22 bits per heavy atom. The van der Waals surface area contributed by atoms with Crippen molar-refractivity contribution >= 4 is 22.7 Å². The van der Waals surface area contributed by atoms with Crippen LogP contribution in [0.5, 0.6) is 0 Å². The Kier molecular flexibility index (Phi) is 2.67. The number of hydrogen-bond donors (Lipinski definition) is 2. The Hall–Kier alpha value is -2.55. The fourth-order valence-corrected chi connectivity index (χ4v) is 1.37. The van der Waals surface area contributed by atoms with Gasteiger partial charge in [-0.05, 0) is 32.0 Å². The van der Waals surface area contributed by atoms with Crippen molar-refractivity contribution in [2.75, 3.05) is 5.32 Å². The summed E-state index contributed by atoms with van der Waals surface area (Å²) in [6, 6.07) is 6.66. The number of benzene rings is 1. The number of nitriles is 1. The van der Waals surface area contributed by atoms with Crippen LogP contribution in [0.4, 0.5) is 5.69 Å². The van der Waals surface area contributed by atoms with Gasteiger partial charge in [0, 0.05) is 5.69 Å². The number of carbonyl (C=O) groups excluding carboxylic acids is 1.